The van der Waals surface area contributed by atoms with Crippen LogP contribution in [0, 0.1) is 0 Å². The maximum Gasteiger partial charge on any atom is 0.220 e. The van der Waals surface area contributed by atoms with E-state index in [0.29, 0.717) is 6.42 Å². The summed E-state index contributed by atoms with van der Waals surface area (Å²) >= 11 is 0. The molecule has 14 nitrogen and oxygen atoms in total. The van der Waals surface area contributed by atoms with E-state index >= 15 is 0 Å². The first-order valence-corrected chi connectivity index (χ1v) is 18.9. The molecule has 12 atom stereocenters. The number of aliphatic hydroxyl groups excluding tert-OH is 8. The Bertz CT molecular complexity index is 909. The van der Waals surface area contributed by atoms with Gasteiger partial charge < -0.3 is 65.1 Å². The standard InChI is InChI=1S/C36H67NO13/c1-3-5-7-9-11-12-13-14-16-18-20-28(41)37-24(25(40)19-17-15-10-8-6-4-2)23-47-35-33(46)31(44)34(27(22-39)49-35)50-36-32(45)30(43)29(42)26(21-38)48-36/h17,19,24-27,29-36,38-40,42-46H,3-16,18,20-23H2,1-2H3,(H,37,41)/b19-17+. The molecule has 50 heavy (non-hydrogen) atoms. The van der Waals surface area contributed by atoms with E-state index in [1.54, 1.807) is 6.08 Å². The van der Waals surface area contributed by atoms with Gasteiger partial charge >= 0.3 is 0 Å². The Morgan fingerprint density at radius 3 is 1.84 bits per heavy atom. The van der Waals surface area contributed by atoms with Gasteiger partial charge in [-0.15, -0.1) is 0 Å². The molecule has 0 spiro atoms. The summed E-state index contributed by atoms with van der Waals surface area (Å²) in [5, 5.41) is 85.6. The highest BCUT2D eigenvalue weighted by Crippen LogP contribution is 2.29. The first kappa shape index (κ1) is 44.9. The molecule has 0 aliphatic carbocycles. The van der Waals surface area contributed by atoms with Gasteiger partial charge in [0.05, 0.1) is 32.0 Å². The summed E-state index contributed by atoms with van der Waals surface area (Å²) in [5.41, 5.74) is 0. The summed E-state index contributed by atoms with van der Waals surface area (Å²) in [7, 11) is 0. The molecular weight excluding hydrogens is 654 g/mol. The number of amides is 1. The number of nitrogens with one attached hydrogen (secondary N) is 1. The molecule has 0 radical (unpaired) electrons. The van der Waals surface area contributed by atoms with Gasteiger partial charge in [-0.1, -0.05) is 103 Å². The summed E-state index contributed by atoms with van der Waals surface area (Å²) in [6.07, 6.45) is 3.23. The third-order valence-corrected chi connectivity index (χ3v) is 9.47. The molecule has 2 fully saturated rings. The van der Waals surface area contributed by atoms with E-state index in [2.05, 4.69) is 19.2 Å². The van der Waals surface area contributed by atoms with Gasteiger partial charge in [0.25, 0.3) is 0 Å². The third-order valence-electron chi connectivity index (χ3n) is 9.47. The number of hydrogen-bond acceptors (Lipinski definition) is 13. The van der Waals surface area contributed by atoms with Crippen LogP contribution in [-0.2, 0) is 23.7 Å². The van der Waals surface area contributed by atoms with Crippen LogP contribution in [0.4, 0.5) is 0 Å². The molecule has 294 valence electrons. The minimum atomic E-state index is -1.78. The molecule has 0 aromatic heterocycles. The summed E-state index contributed by atoms with van der Waals surface area (Å²) in [5.74, 6) is -0.250. The molecule has 0 bridgehead atoms. The number of hydrogen-bond donors (Lipinski definition) is 9. The number of allylic oxidation sites excluding steroid dienone is 1. The van der Waals surface area contributed by atoms with Gasteiger partial charge in [-0.2, -0.15) is 0 Å². The molecule has 14 heteroatoms. The molecule has 0 aromatic rings. The fourth-order valence-electron chi connectivity index (χ4n) is 6.23. The van der Waals surface area contributed by atoms with Gasteiger partial charge in [0.2, 0.25) is 5.91 Å². The average Bonchev–Trinajstić information content (AvgIpc) is 3.11. The summed E-state index contributed by atoms with van der Waals surface area (Å²) in [4.78, 5) is 12.9. The number of aliphatic hydroxyl groups is 8. The fourth-order valence-corrected chi connectivity index (χ4v) is 6.23. The van der Waals surface area contributed by atoms with Gasteiger partial charge in [0, 0.05) is 6.42 Å². The van der Waals surface area contributed by atoms with E-state index in [4.69, 9.17) is 18.9 Å². The lowest BCUT2D eigenvalue weighted by atomic mass is 9.97. The molecular formula is C36H67NO13. The maximum atomic E-state index is 12.9. The van der Waals surface area contributed by atoms with Gasteiger partial charge in [-0.25, -0.2) is 0 Å². The smallest absolute Gasteiger partial charge is 0.220 e. The Balaban J connectivity index is 1.96. The van der Waals surface area contributed by atoms with E-state index in [1.807, 2.05) is 6.08 Å². The molecule has 0 aromatic carbocycles. The Labute approximate surface area is 297 Å². The van der Waals surface area contributed by atoms with Crippen molar-refractivity contribution in [2.24, 2.45) is 0 Å². The van der Waals surface area contributed by atoms with Crippen molar-refractivity contribution in [3.05, 3.63) is 12.2 Å². The molecule has 0 saturated carbocycles. The topological polar surface area (TPSA) is 228 Å². The molecule has 2 aliphatic rings. The molecule has 9 N–H and O–H groups in total. The highest BCUT2D eigenvalue weighted by molar-refractivity contribution is 5.76. The van der Waals surface area contributed by atoms with Crippen LogP contribution in [-0.4, -0.2) is 140 Å². The van der Waals surface area contributed by atoms with E-state index in [9.17, 15) is 45.6 Å². The molecule has 12 unspecified atom stereocenters. The van der Waals surface area contributed by atoms with Crippen LogP contribution in [0.1, 0.15) is 117 Å². The van der Waals surface area contributed by atoms with Crippen LogP contribution in [0.25, 0.3) is 0 Å². The molecule has 2 saturated heterocycles. The average molecular weight is 722 g/mol. The van der Waals surface area contributed by atoms with Crippen molar-refractivity contribution in [2.45, 2.75) is 190 Å². The highest BCUT2D eigenvalue weighted by Gasteiger charge is 2.50. The second-order valence-corrected chi connectivity index (χ2v) is 13.7. The van der Waals surface area contributed by atoms with Crippen LogP contribution in [0.3, 0.4) is 0 Å². The van der Waals surface area contributed by atoms with Gasteiger partial charge in [0.1, 0.15) is 48.8 Å². The minimum absolute atomic E-state index is 0.250. The lowest BCUT2D eigenvalue weighted by Gasteiger charge is -2.46. The number of carbonyl (C=O) groups is 1. The molecule has 2 aliphatic heterocycles. The van der Waals surface area contributed by atoms with Crippen molar-refractivity contribution in [3.63, 3.8) is 0 Å². The van der Waals surface area contributed by atoms with E-state index in [-0.39, 0.29) is 18.9 Å². The van der Waals surface area contributed by atoms with Crippen molar-refractivity contribution in [2.75, 3.05) is 19.8 Å². The lowest BCUT2D eigenvalue weighted by Crippen LogP contribution is -2.65. The van der Waals surface area contributed by atoms with Crippen LogP contribution in [0.5, 0.6) is 0 Å². The first-order valence-electron chi connectivity index (χ1n) is 18.9. The summed E-state index contributed by atoms with van der Waals surface area (Å²) in [6.45, 7) is 2.62. The minimum Gasteiger partial charge on any atom is -0.394 e. The van der Waals surface area contributed by atoms with E-state index in [0.717, 1.165) is 51.4 Å². The van der Waals surface area contributed by atoms with Crippen molar-refractivity contribution < 1.29 is 64.6 Å². The Morgan fingerprint density at radius 1 is 0.700 bits per heavy atom. The quantitative estimate of drug-likeness (QED) is 0.0454. The highest BCUT2D eigenvalue weighted by atomic mass is 16.7. The van der Waals surface area contributed by atoms with Crippen molar-refractivity contribution in [1.29, 1.82) is 0 Å². The van der Waals surface area contributed by atoms with Crippen LogP contribution in [0.15, 0.2) is 12.2 Å². The van der Waals surface area contributed by atoms with Gasteiger partial charge in [0.15, 0.2) is 12.6 Å². The first-order chi connectivity index (χ1) is 24.1. The zero-order valence-corrected chi connectivity index (χ0v) is 30.1. The molecule has 2 rings (SSSR count). The van der Waals surface area contributed by atoms with E-state index in [1.165, 1.54) is 38.5 Å². The second-order valence-electron chi connectivity index (χ2n) is 13.7. The van der Waals surface area contributed by atoms with Gasteiger partial charge in [-0.3, -0.25) is 4.79 Å². The second kappa shape index (κ2) is 25.7. The van der Waals surface area contributed by atoms with Crippen molar-refractivity contribution in [1.82, 2.24) is 5.32 Å². The van der Waals surface area contributed by atoms with Crippen LogP contribution in [0.2, 0.25) is 0 Å². The van der Waals surface area contributed by atoms with Gasteiger partial charge in [-0.05, 0) is 19.3 Å². The summed E-state index contributed by atoms with van der Waals surface area (Å²) < 4.78 is 22.4. The number of carbonyl (C=O) groups excluding carboxylic acids is 1. The SMILES string of the molecule is CCCCCC/C=C/C(O)C(COC1OC(CO)C(OC2OC(CO)C(O)C(O)C2O)C(O)C1O)NC(=O)CCCCCCCCCCCC. The van der Waals surface area contributed by atoms with Crippen molar-refractivity contribution in [3.8, 4) is 0 Å². The zero-order valence-electron chi connectivity index (χ0n) is 30.1. The van der Waals surface area contributed by atoms with Crippen LogP contribution < -0.4 is 5.32 Å². The lowest BCUT2D eigenvalue weighted by molar-refractivity contribution is -0.359. The number of unbranched alkanes of at least 4 members (excludes halogenated alkanes) is 13. The largest absolute Gasteiger partial charge is 0.394 e. The summed E-state index contributed by atoms with van der Waals surface area (Å²) in [6, 6.07) is -0.902. The van der Waals surface area contributed by atoms with Crippen LogP contribution >= 0.6 is 0 Å². The van der Waals surface area contributed by atoms with Crippen molar-refractivity contribution >= 4 is 5.91 Å². The fraction of sp³-hybridized carbons (Fsp3) is 0.917. The number of rotatable bonds is 26. The maximum absolute atomic E-state index is 12.9. The molecule has 1 amide bonds. The Hall–Kier alpha value is -1.27. The number of ether oxygens (including phenoxy) is 4. The zero-order chi connectivity index (χ0) is 36.9. The predicted octanol–water partition coefficient (Wildman–Crippen LogP) is 1.31. The normalized spacial score (nSPS) is 31.6. The Morgan fingerprint density at radius 2 is 1.24 bits per heavy atom. The molecule has 2 heterocycles. The third kappa shape index (κ3) is 15.4. The predicted molar refractivity (Wildman–Crippen MR) is 185 cm³/mol. The Kier molecular flexibility index (Phi) is 23.0. The van der Waals surface area contributed by atoms with E-state index < -0.39 is 86.8 Å². The monoisotopic (exact) mass is 721 g/mol.